The van der Waals surface area contributed by atoms with Gasteiger partial charge in [-0.25, -0.2) is 9.87 Å². The van der Waals surface area contributed by atoms with Crippen molar-refractivity contribution >= 4 is 11.8 Å². The Kier molecular flexibility index (Phi) is 5.68. The van der Waals surface area contributed by atoms with Crippen LogP contribution in [-0.2, 0) is 20.8 Å². The van der Waals surface area contributed by atoms with Gasteiger partial charge in [-0.05, 0) is 25.5 Å². The first-order valence-electron chi connectivity index (χ1n) is 7.55. The third-order valence-corrected chi connectivity index (χ3v) is 3.60. The van der Waals surface area contributed by atoms with Crippen LogP contribution in [0.5, 0.6) is 0 Å². The number of aliphatic hydroxyl groups is 1. The smallest absolute Gasteiger partial charge is 0.266 e. The van der Waals surface area contributed by atoms with Crippen LogP contribution in [-0.4, -0.2) is 46.6 Å². The molecule has 7 heteroatoms. The van der Waals surface area contributed by atoms with Crippen LogP contribution in [0.2, 0.25) is 0 Å². The highest BCUT2D eigenvalue weighted by Gasteiger charge is 2.39. The summed E-state index contributed by atoms with van der Waals surface area (Å²) in [5.41, 5.74) is 2.55. The average molecular weight is 324 g/mol. The molecule has 2 unspecified atom stereocenters. The fourth-order valence-corrected chi connectivity index (χ4v) is 2.49. The highest BCUT2D eigenvalue weighted by atomic mass is 19.1. The Labute approximate surface area is 134 Å². The van der Waals surface area contributed by atoms with E-state index in [1.165, 1.54) is 17.0 Å². The lowest BCUT2D eigenvalue weighted by molar-refractivity contribution is -0.147. The number of carbonyl (C=O) groups excluding carboxylic acids is 2. The second-order valence-corrected chi connectivity index (χ2v) is 5.85. The van der Waals surface area contributed by atoms with Crippen LogP contribution in [0, 0.1) is 5.82 Å². The van der Waals surface area contributed by atoms with Crippen molar-refractivity contribution in [1.82, 2.24) is 10.4 Å². The van der Waals surface area contributed by atoms with Gasteiger partial charge in [-0.3, -0.25) is 14.4 Å². The molecule has 2 rings (SSSR count). The molecule has 0 radical (unpaired) electrons. The lowest BCUT2D eigenvalue weighted by Gasteiger charge is -2.24. The van der Waals surface area contributed by atoms with E-state index in [1.807, 2.05) is 0 Å². The number of benzene rings is 1. The van der Waals surface area contributed by atoms with Crippen molar-refractivity contribution in [2.45, 2.75) is 44.9 Å². The summed E-state index contributed by atoms with van der Waals surface area (Å²) < 4.78 is 13.7. The molecule has 1 aliphatic rings. The molecule has 23 heavy (non-hydrogen) atoms. The zero-order valence-electron chi connectivity index (χ0n) is 13.2. The fraction of sp³-hybridized carbons (Fsp3) is 0.500. The zero-order chi connectivity index (χ0) is 17.0. The Hall–Kier alpha value is -1.99. The van der Waals surface area contributed by atoms with Gasteiger partial charge in [0.05, 0.1) is 18.6 Å². The van der Waals surface area contributed by atoms with Gasteiger partial charge < -0.3 is 10.0 Å². The number of nitrogens with one attached hydrogen (secondary N) is 1. The molecule has 1 aromatic carbocycles. The monoisotopic (exact) mass is 324 g/mol. The number of hydrogen-bond acceptors (Lipinski definition) is 4. The summed E-state index contributed by atoms with van der Waals surface area (Å²) >= 11 is 0. The molecular formula is C16H21FN2O4. The number of aliphatic hydroxyl groups excluding tert-OH is 1. The van der Waals surface area contributed by atoms with E-state index in [1.54, 1.807) is 26.0 Å². The first-order chi connectivity index (χ1) is 10.9. The van der Waals surface area contributed by atoms with Gasteiger partial charge >= 0.3 is 0 Å². The summed E-state index contributed by atoms with van der Waals surface area (Å²) in [7, 11) is 0. The summed E-state index contributed by atoms with van der Waals surface area (Å²) in [5, 5.41) is 9.78. The number of β-amino-alcohol motifs (C(OH)–C–C–N with tert-alkyl or cyclic N) is 1. The molecule has 0 saturated carbocycles. The predicted octanol–water partition coefficient (Wildman–Crippen LogP) is 0.786. The molecule has 0 aliphatic carbocycles. The molecule has 6 nitrogen and oxygen atoms in total. The van der Waals surface area contributed by atoms with E-state index in [9.17, 15) is 19.1 Å². The van der Waals surface area contributed by atoms with Crippen molar-refractivity contribution in [2.24, 2.45) is 0 Å². The van der Waals surface area contributed by atoms with Gasteiger partial charge in [-0.2, -0.15) is 0 Å². The van der Waals surface area contributed by atoms with Crippen LogP contribution in [0.1, 0.15) is 25.8 Å². The number of amides is 2. The normalized spacial score (nSPS) is 20.8. The molecule has 2 atom stereocenters. The van der Waals surface area contributed by atoms with Gasteiger partial charge in [0, 0.05) is 13.0 Å². The number of hydrogen-bond donors (Lipinski definition) is 2. The first-order valence-corrected chi connectivity index (χ1v) is 7.55. The highest BCUT2D eigenvalue weighted by Crippen LogP contribution is 2.20. The minimum atomic E-state index is -0.817. The molecule has 1 aliphatic heterocycles. The summed E-state index contributed by atoms with van der Waals surface area (Å²) in [4.78, 5) is 30.8. The van der Waals surface area contributed by atoms with E-state index in [2.05, 4.69) is 5.48 Å². The first kappa shape index (κ1) is 17.4. The molecule has 2 amide bonds. The quantitative estimate of drug-likeness (QED) is 0.785. The molecule has 1 aromatic rings. The Bertz CT molecular complexity index is 579. The molecule has 1 heterocycles. The Morgan fingerprint density at radius 2 is 2.13 bits per heavy atom. The number of likely N-dealkylation sites (tertiary alicyclic amines) is 1. The van der Waals surface area contributed by atoms with Gasteiger partial charge in [0.25, 0.3) is 5.91 Å². The molecule has 0 aromatic heterocycles. The number of nitrogens with zero attached hydrogens (tertiary/aromatic N) is 1. The third-order valence-electron chi connectivity index (χ3n) is 3.60. The summed E-state index contributed by atoms with van der Waals surface area (Å²) in [6.45, 7) is 3.56. The van der Waals surface area contributed by atoms with Gasteiger partial charge in [-0.15, -0.1) is 0 Å². The second kappa shape index (κ2) is 7.52. The van der Waals surface area contributed by atoms with Crippen molar-refractivity contribution in [3.05, 3.63) is 35.6 Å². The van der Waals surface area contributed by atoms with Crippen LogP contribution < -0.4 is 5.48 Å². The van der Waals surface area contributed by atoms with E-state index >= 15 is 0 Å². The van der Waals surface area contributed by atoms with Gasteiger partial charge in [0.1, 0.15) is 11.9 Å². The maximum Gasteiger partial charge on any atom is 0.266 e. The molecule has 0 bridgehead atoms. The summed E-state index contributed by atoms with van der Waals surface area (Å²) in [6, 6.07) is 5.18. The third kappa shape index (κ3) is 4.49. The number of carbonyl (C=O) groups is 2. The van der Waals surface area contributed by atoms with Crippen LogP contribution in [0.3, 0.4) is 0 Å². The molecule has 1 saturated heterocycles. The predicted molar refractivity (Wildman–Crippen MR) is 80.6 cm³/mol. The van der Waals surface area contributed by atoms with E-state index in [0.717, 1.165) is 0 Å². The highest BCUT2D eigenvalue weighted by molar-refractivity contribution is 5.88. The second-order valence-electron chi connectivity index (χ2n) is 5.85. The number of hydroxylamine groups is 1. The minimum Gasteiger partial charge on any atom is -0.391 e. The van der Waals surface area contributed by atoms with Crippen molar-refractivity contribution in [1.29, 1.82) is 0 Å². The van der Waals surface area contributed by atoms with E-state index in [-0.39, 0.29) is 31.1 Å². The standard InChI is InChI=1S/C16H21FN2O4/c1-10(2)23-18-16(22)14-8-12(20)9-19(14)15(21)7-11-5-3-4-6-13(11)17/h3-6,10,12,14,20H,7-9H2,1-2H3,(H,18,22). The van der Waals surface area contributed by atoms with Crippen molar-refractivity contribution in [3.8, 4) is 0 Å². The van der Waals surface area contributed by atoms with Crippen molar-refractivity contribution < 1.29 is 23.9 Å². The maximum atomic E-state index is 13.7. The van der Waals surface area contributed by atoms with E-state index in [0.29, 0.717) is 0 Å². The Morgan fingerprint density at radius 1 is 1.43 bits per heavy atom. The summed E-state index contributed by atoms with van der Waals surface area (Å²) in [6.07, 6.45) is -1.01. The van der Waals surface area contributed by atoms with Gasteiger partial charge in [0.15, 0.2) is 0 Å². The van der Waals surface area contributed by atoms with E-state index < -0.39 is 29.8 Å². The summed E-state index contributed by atoms with van der Waals surface area (Å²) in [5.74, 6) is -1.36. The Morgan fingerprint density at radius 3 is 2.78 bits per heavy atom. The van der Waals surface area contributed by atoms with Crippen molar-refractivity contribution in [3.63, 3.8) is 0 Å². The molecule has 1 fully saturated rings. The van der Waals surface area contributed by atoms with Gasteiger partial charge in [-0.1, -0.05) is 18.2 Å². The zero-order valence-corrected chi connectivity index (χ0v) is 13.2. The largest absolute Gasteiger partial charge is 0.391 e. The minimum absolute atomic E-state index is 0.0487. The van der Waals surface area contributed by atoms with Crippen LogP contribution in [0.4, 0.5) is 4.39 Å². The van der Waals surface area contributed by atoms with Crippen molar-refractivity contribution in [2.75, 3.05) is 6.54 Å². The van der Waals surface area contributed by atoms with Crippen LogP contribution in [0.15, 0.2) is 24.3 Å². The lowest BCUT2D eigenvalue weighted by atomic mass is 10.1. The number of rotatable bonds is 5. The van der Waals surface area contributed by atoms with Crippen LogP contribution in [0.25, 0.3) is 0 Å². The molecule has 0 spiro atoms. The molecule has 126 valence electrons. The fourth-order valence-electron chi connectivity index (χ4n) is 2.49. The van der Waals surface area contributed by atoms with Gasteiger partial charge in [0.2, 0.25) is 5.91 Å². The molecular weight excluding hydrogens is 303 g/mol. The maximum absolute atomic E-state index is 13.7. The SMILES string of the molecule is CC(C)ONC(=O)C1CC(O)CN1C(=O)Cc1ccccc1F. The molecule has 2 N–H and O–H groups in total. The van der Waals surface area contributed by atoms with Crippen LogP contribution >= 0.6 is 0 Å². The Balaban J connectivity index is 2.05. The number of halogens is 1. The average Bonchev–Trinajstić information content (AvgIpc) is 2.89. The topological polar surface area (TPSA) is 78.9 Å². The van der Waals surface area contributed by atoms with E-state index in [4.69, 9.17) is 4.84 Å². The lowest BCUT2D eigenvalue weighted by Crippen LogP contribution is -2.47.